The number of rotatable bonds is 4. The lowest BCUT2D eigenvalue weighted by molar-refractivity contribution is -0.137. The number of thiophene rings is 1. The van der Waals surface area contributed by atoms with Gasteiger partial charge in [-0.15, -0.1) is 11.3 Å². The summed E-state index contributed by atoms with van der Waals surface area (Å²) < 4.78 is 5.09. The van der Waals surface area contributed by atoms with Crippen LogP contribution in [0.1, 0.15) is 6.42 Å². The molecule has 1 aromatic rings. The van der Waals surface area contributed by atoms with Crippen LogP contribution in [-0.2, 0) is 4.79 Å². The van der Waals surface area contributed by atoms with E-state index >= 15 is 0 Å². The molecule has 60 valence electrons. The summed E-state index contributed by atoms with van der Waals surface area (Å²) in [6, 6.07) is 1.81. The summed E-state index contributed by atoms with van der Waals surface area (Å²) in [4.78, 5) is 10.1. The van der Waals surface area contributed by atoms with Gasteiger partial charge in [-0.2, -0.15) is 0 Å². The molecule has 0 saturated carbocycles. The summed E-state index contributed by atoms with van der Waals surface area (Å²) >= 11 is 1.53. The molecule has 1 heterocycles. The zero-order valence-corrected chi connectivity index (χ0v) is 6.63. The fourth-order valence-corrected chi connectivity index (χ4v) is 1.16. The number of carboxylic acid groups (broad SMARTS) is 1. The molecule has 0 unspecified atom stereocenters. The van der Waals surface area contributed by atoms with Crippen molar-refractivity contribution in [1.82, 2.24) is 0 Å². The molecule has 0 aliphatic heterocycles. The Balaban J connectivity index is 2.19. The molecule has 0 aromatic carbocycles. The Bertz CT molecular complexity index is 218. The summed E-state index contributed by atoms with van der Waals surface area (Å²) in [5.41, 5.74) is 0. The third-order valence-electron chi connectivity index (χ3n) is 1.08. The van der Waals surface area contributed by atoms with Crippen molar-refractivity contribution in [3.8, 4) is 5.75 Å². The highest BCUT2D eigenvalue weighted by Gasteiger charge is 1.97. The van der Waals surface area contributed by atoms with E-state index in [1.54, 1.807) is 0 Å². The quantitative estimate of drug-likeness (QED) is 0.750. The van der Waals surface area contributed by atoms with E-state index in [-0.39, 0.29) is 13.0 Å². The number of carbonyl (C=O) groups is 1. The molecule has 3 nitrogen and oxygen atoms in total. The maximum absolute atomic E-state index is 10.1. The molecule has 0 aliphatic carbocycles. The van der Waals surface area contributed by atoms with Crippen molar-refractivity contribution in [2.45, 2.75) is 6.42 Å². The topological polar surface area (TPSA) is 46.5 Å². The van der Waals surface area contributed by atoms with Gasteiger partial charge in [0.2, 0.25) is 0 Å². The number of aliphatic carboxylic acids is 1. The molecule has 4 heteroatoms. The number of hydrogen-bond donors (Lipinski definition) is 1. The van der Waals surface area contributed by atoms with E-state index < -0.39 is 5.97 Å². The molecule has 0 amide bonds. The summed E-state index contributed by atoms with van der Waals surface area (Å²) in [5.74, 6) is -0.0866. The van der Waals surface area contributed by atoms with Crippen LogP contribution in [0.2, 0.25) is 0 Å². The third-order valence-corrected chi connectivity index (χ3v) is 1.74. The monoisotopic (exact) mass is 172 g/mol. The Morgan fingerprint density at radius 3 is 3.09 bits per heavy atom. The predicted octanol–water partition coefficient (Wildman–Crippen LogP) is 1.60. The summed E-state index contributed by atoms with van der Waals surface area (Å²) in [6.45, 7) is 0.242. The van der Waals surface area contributed by atoms with Crippen LogP contribution in [0, 0.1) is 0 Å². The van der Waals surface area contributed by atoms with Crippen LogP contribution in [0.4, 0.5) is 0 Å². The Morgan fingerprint density at radius 2 is 2.55 bits per heavy atom. The van der Waals surface area contributed by atoms with Gasteiger partial charge >= 0.3 is 5.97 Å². The predicted molar refractivity (Wildman–Crippen MR) is 42.1 cm³/mol. The second kappa shape index (κ2) is 3.98. The maximum Gasteiger partial charge on any atom is 0.306 e. The molecule has 0 radical (unpaired) electrons. The second-order valence-corrected chi connectivity index (χ2v) is 2.73. The number of carboxylic acids is 1. The first-order valence-corrected chi connectivity index (χ1v) is 4.10. The van der Waals surface area contributed by atoms with Crippen LogP contribution in [0.3, 0.4) is 0 Å². The van der Waals surface area contributed by atoms with Crippen LogP contribution in [0.25, 0.3) is 0 Å². The van der Waals surface area contributed by atoms with E-state index in [2.05, 4.69) is 0 Å². The maximum atomic E-state index is 10.1. The molecule has 1 N–H and O–H groups in total. The largest absolute Gasteiger partial charge is 0.492 e. The van der Waals surface area contributed by atoms with Crippen molar-refractivity contribution in [2.24, 2.45) is 0 Å². The number of hydrogen-bond acceptors (Lipinski definition) is 3. The first kappa shape index (κ1) is 8.07. The molecule has 0 spiro atoms. The van der Waals surface area contributed by atoms with Gasteiger partial charge < -0.3 is 9.84 Å². The first-order chi connectivity index (χ1) is 5.29. The van der Waals surface area contributed by atoms with E-state index in [4.69, 9.17) is 9.84 Å². The fraction of sp³-hybridized carbons (Fsp3) is 0.286. The summed E-state index contributed by atoms with van der Waals surface area (Å²) in [6.07, 6.45) is 0.0514. The van der Waals surface area contributed by atoms with Crippen LogP contribution < -0.4 is 4.74 Å². The molecule has 1 rings (SSSR count). The average molecular weight is 172 g/mol. The van der Waals surface area contributed by atoms with E-state index in [1.165, 1.54) is 11.3 Å². The highest BCUT2D eigenvalue weighted by atomic mass is 32.1. The molecule has 1 aromatic heterocycles. The highest BCUT2D eigenvalue weighted by molar-refractivity contribution is 7.08. The minimum absolute atomic E-state index is 0.0514. The Hall–Kier alpha value is -1.03. The minimum atomic E-state index is -0.833. The average Bonchev–Trinajstić information content (AvgIpc) is 2.39. The van der Waals surface area contributed by atoms with Crippen LogP contribution in [0.15, 0.2) is 16.8 Å². The van der Waals surface area contributed by atoms with Gasteiger partial charge in [-0.05, 0) is 11.4 Å². The van der Waals surface area contributed by atoms with Gasteiger partial charge in [0.15, 0.2) is 0 Å². The van der Waals surface area contributed by atoms with Crippen LogP contribution in [0.5, 0.6) is 5.75 Å². The lowest BCUT2D eigenvalue weighted by atomic mass is 10.5. The van der Waals surface area contributed by atoms with Crippen molar-refractivity contribution < 1.29 is 14.6 Å². The Morgan fingerprint density at radius 1 is 1.73 bits per heavy atom. The minimum Gasteiger partial charge on any atom is -0.492 e. The highest BCUT2D eigenvalue weighted by Crippen LogP contribution is 2.14. The first-order valence-electron chi connectivity index (χ1n) is 3.16. The third kappa shape index (κ3) is 3.04. The summed E-state index contributed by atoms with van der Waals surface area (Å²) in [5, 5.41) is 12.0. The second-order valence-electron chi connectivity index (χ2n) is 1.95. The van der Waals surface area contributed by atoms with E-state index in [9.17, 15) is 4.79 Å². The van der Waals surface area contributed by atoms with Gasteiger partial charge in [0.25, 0.3) is 0 Å². The van der Waals surface area contributed by atoms with Gasteiger partial charge in [-0.25, -0.2) is 0 Å². The van der Waals surface area contributed by atoms with E-state index in [1.807, 2.05) is 16.8 Å². The van der Waals surface area contributed by atoms with Gasteiger partial charge in [0.1, 0.15) is 5.75 Å². The van der Waals surface area contributed by atoms with Crippen LogP contribution in [-0.4, -0.2) is 17.7 Å². The molecule has 11 heavy (non-hydrogen) atoms. The SMILES string of the molecule is O=C(O)CCOc1ccsc1. The Kier molecular flexibility index (Phi) is 2.92. The van der Waals surface area contributed by atoms with Crippen LogP contribution >= 0.6 is 11.3 Å². The number of ether oxygens (including phenoxy) is 1. The molecular formula is C7H8O3S. The van der Waals surface area contributed by atoms with Crippen molar-refractivity contribution in [2.75, 3.05) is 6.61 Å². The lowest BCUT2D eigenvalue weighted by Crippen LogP contribution is -2.03. The van der Waals surface area contributed by atoms with Crippen molar-refractivity contribution in [1.29, 1.82) is 0 Å². The zero-order chi connectivity index (χ0) is 8.10. The molecule has 0 atom stereocenters. The molecular weight excluding hydrogens is 164 g/mol. The standard InChI is InChI=1S/C7H8O3S/c8-7(9)1-3-10-6-2-4-11-5-6/h2,4-5H,1,3H2,(H,8,9). The van der Waals surface area contributed by atoms with Crippen molar-refractivity contribution >= 4 is 17.3 Å². The van der Waals surface area contributed by atoms with Crippen molar-refractivity contribution in [3.05, 3.63) is 16.8 Å². The molecule has 0 bridgehead atoms. The van der Waals surface area contributed by atoms with Gasteiger partial charge in [-0.1, -0.05) is 0 Å². The normalized spacial score (nSPS) is 9.45. The molecule has 0 fully saturated rings. The molecule has 0 saturated heterocycles. The van der Waals surface area contributed by atoms with Gasteiger partial charge in [0.05, 0.1) is 13.0 Å². The van der Waals surface area contributed by atoms with Crippen molar-refractivity contribution in [3.63, 3.8) is 0 Å². The van der Waals surface area contributed by atoms with E-state index in [0.29, 0.717) is 0 Å². The lowest BCUT2D eigenvalue weighted by Gasteiger charge is -1.98. The zero-order valence-electron chi connectivity index (χ0n) is 5.82. The van der Waals surface area contributed by atoms with Gasteiger partial charge in [-0.3, -0.25) is 4.79 Å². The molecule has 0 aliphatic rings. The Labute approximate surface area is 68.2 Å². The fourth-order valence-electron chi connectivity index (χ4n) is 0.590. The smallest absolute Gasteiger partial charge is 0.306 e. The van der Waals surface area contributed by atoms with E-state index in [0.717, 1.165) is 5.75 Å². The summed E-state index contributed by atoms with van der Waals surface area (Å²) in [7, 11) is 0. The van der Waals surface area contributed by atoms with Gasteiger partial charge in [0, 0.05) is 5.38 Å².